The topological polar surface area (TPSA) is 9.23 Å². The minimum absolute atomic E-state index is 0.270. The number of rotatable bonds is 4. The number of methoxy groups -OCH3 is 1. The highest BCUT2D eigenvalue weighted by atomic mass is 19.4. The Morgan fingerprint density at radius 3 is 2.42 bits per heavy atom. The quantitative estimate of drug-likeness (QED) is 0.734. The Balaban J connectivity index is 2.77. The van der Waals surface area contributed by atoms with Gasteiger partial charge in [-0.2, -0.15) is 13.2 Å². The Kier molecular flexibility index (Phi) is 5.75. The maximum Gasteiger partial charge on any atom is 0.416 e. The molecule has 0 heterocycles. The van der Waals surface area contributed by atoms with Crippen LogP contribution in [0.25, 0.3) is 0 Å². The molecule has 0 saturated carbocycles. The predicted octanol–water partition coefficient (Wildman–Crippen LogP) is 4.45. The van der Waals surface area contributed by atoms with Crippen molar-refractivity contribution in [1.82, 2.24) is 0 Å². The summed E-state index contributed by atoms with van der Waals surface area (Å²) in [5, 5.41) is 0. The third-order valence-electron chi connectivity index (χ3n) is 2.63. The van der Waals surface area contributed by atoms with E-state index in [-0.39, 0.29) is 5.75 Å². The van der Waals surface area contributed by atoms with Crippen LogP contribution in [0.5, 0.6) is 5.75 Å². The molecule has 0 aliphatic rings. The number of hydrogen-bond acceptors (Lipinski definition) is 1. The highest BCUT2D eigenvalue weighted by Gasteiger charge is 2.31. The van der Waals surface area contributed by atoms with Gasteiger partial charge >= 0.3 is 6.18 Å². The van der Waals surface area contributed by atoms with Crippen molar-refractivity contribution in [3.63, 3.8) is 0 Å². The fourth-order valence-corrected chi connectivity index (χ4v) is 1.63. The molecule has 0 N–H and O–H groups in total. The van der Waals surface area contributed by atoms with Gasteiger partial charge in [0.1, 0.15) is 5.75 Å². The van der Waals surface area contributed by atoms with Crippen molar-refractivity contribution in [1.29, 1.82) is 0 Å². The minimum atomic E-state index is -4.34. The monoisotopic (exact) mass is 270 g/mol. The number of halogens is 3. The fraction of sp³-hybridized carbons (Fsp3) is 0.467. The molecule has 0 amide bonds. The predicted molar refractivity (Wildman–Crippen MR) is 69.0 cm³/mol. The number of benzene rings is 1. The lowest BCUT2D eigenvalue weighted by Gasteiger charge is -2.11. The molecule has 0 bridgehead atoms. The average molecular weight is 270 g/mol. The molecule has 0 aliphatic heterocycles. The molecule has 0 atom stereocenters. The summed E-state index contributed by atoms with van der Waals surface area (Å²) in [7, 11) is 1.38. The summed E-state index contributed by atoms with van der Waals surface area (Å²) in [5.74, 6) is 6.28. The lowest BCUT2D eigenvalue weighted by Crippen LogP contribution is -2.06. The van der Waals surface area contributed by atoms with Gasteiger partial charge in [0, 0.05) is 12.8 Å². The molecular weight excluding hydrogens is 253 g/mol. The van der Waals surface area contributed by atoms with Crippen molar-refractivity contribution < 1.29 is 17.9 Å². The van der Waals surface area contributed by atoms with Crippen LogP contribution in [-0.2, 0) is 12.6 Å². The maximum atomic E-state index is 12.5. The zero-order valence-corrected chi connectivity index (χ0v) is 11.1. The van der Waals surface area contributed by atoms with Gasteiger partial charge in [-0.25, -0.2) is 0 Å². The van der Waals surface area contributed by atoms with Crippen molar-refractivity contribution in [3.8, 4) is 17.6 Å². The van der Waals surface area contributed by atoms with Crippen LogP contribution < -0.4 is 4.74 Å². The van der Waals surface area contributed by atoms with Crippen LogP contribution >= 0.6 is 0 Å². The summed E-state index contributed by atoms with van der Waals surface area (Å²) in [5.41, 5.74) is 0.0615. The van der Waals surface area contributed by atoms with Crippen LogP contribution in [-0.4, -0.2) is 7.11 Å². The van der Waals surface area contributed by atoms with E-state index in [1.54, 1.807) is 0 Å². The largest absolute Gasteiger partial charge is 0.496 e. The Bertz CT molecular complexity index is 467. The van der Waals surface area contributed by atoms with Gasteiger partial charge in [-0.05, 0) is 30.5 Å². The third-order valence-corrected chi connectivity index (χ3v) is 2.63. The summed E-state index contributed by atoms with van der Waals surface area (Å²) in [6, 6.07) is 3.58. The van der Waals surface area contributed by atoms with Crippen molar-refractivity contribution in [2.75, 3.05) is 7.11 Å². The van der Waals surface area contributed by atoms with E-state index in [4.69, 9.17) is 4.74 Å². The van der Waals surface area contributed by atoms with E-state index in [0.29, 0.717) is 12.8 Å². The van der Waals surface area contributed by atoms with Crippen LogP contribution in [0.2, 0.25) is 0 Å². The van der Waals surface area contributed by atoms with Crippen molar-refractivity contribution in [2.45, 2.75) is 38.8 Å². The number of unbranched alkanes of at least 4 members (excludes halogenated alkanes) is 1. The van der Waals surface area contributed by atoms with Gasteiger partial charge in [0.05, 0.1) is 12.7 Å². The molecule has 1 aromatic rings. The molecule has 0 saturated heterocycles. The average Bonchev–Trinajstić information content (AvgIpc) is 2.37. The molecule has 0 fully saturated rings. The van der Waals surface area contributed by atoms with Crippen molar-refractivity contribution in [2.24, 2.45) is 0 Å². The molecular formula is C15H17F3O. The van der Waals surface area contributed by atoms with E-state index in [1.165, 1.54) is 13.2 Å². The second-order valence-corrected chi connectivity index (χ2v) is 4.13. The van der Waals surface area contributed by atoms with Crippen LogP contribution in [0.15, 0.2) is 18.2 Å². The first kappa shape index (κ1) is 15.4. The van der Waals surface area contributed by atoms with Crippen LogP contribution in [0.1, 0.15) is 37.3 Å². The molecule has 19 heavy (non-hydrogen) atoms. The first-order chi connectivity index (χ1) is 8.99. The Morgan fingerprint density at radius 1 is 1.16 bits per heavy atom. The Morgan fingerprint density at radius 2 is 1.84 bits per heavy atom. The molecule has 1 rings (SSSR count). The van der Waals surface area contributed by atoms with Gasteiger partial charge < -0.3 is 4.74 Å². The first-order valence-electron chi connectivity index (χ1n) is 6.19. The van der Waals surface area contributed by atoms with Crippen LogP contribution in [0, 0.1) is 11.8 Å². The molecule has 0 unspecified atom stereocenters. The molecule has 0 radical (unpaired) electrons. The van der Waals surface area contributed by atoms with Gasteiger partial charge in [-0.15, -0.1) is 11.8 Å². The molecule has 0 aromatic heterocycles. The Hall–Kier alpha value is -1.63. The second-order valence-electron chi connectivity index (χ2n) is 4.13. The zero-order valence-electron chi connectivity index (χ0n) is 11.1. The van der Waals surface area contributed by atoms with Crippen LogP contribution in [0.4, 0.5) is 13.2 Å². The van der Waals surface area contributed by atoms with E-state index in [0.717, 1.165) is 30.5 Å². The summed E-state index contributed by atoms with van der Waals surface area (Å²) in [6.07, 6.45) is -1.26. The fourth-order valence-electron chi connectivity index (χ4n) is 1.63. The normalized spacial score (nSPS) is 10.8. The van der Waals surface area contributed by atoms with Crippen molar-refractivity contribution in [3.05, 3.63) is 29.3 Å². The number of aryl methyl sites for hydroxylation is 1. The maximum absolute atomic E-state index is 12.5. The standard InChI is InChI=1S/C15H17F3O/c1-3-4-5-6-7-8-12-9-10-13(15(16,17)18)11-14(12)19-2/h9-11H,3-4,7-8H2,1-2H3. The third kappa shape index (κ3) is 4.86. The van der Waals surface area contributed by atoms with E-state index in [1.807, 2.05) is 6.92 Å². The molecule has 1 aromatic carbocycles. The molecule has 0 aliphatic carbocycles. The highest BCUT2D eigenvalue weighted by molar-refractivity contribution is 5.39. The Labute approximate surface area is 111 Å². The van der Waals surface area contributed by atoms with Gasteiger partial charge in [0.15, 0.2) is 0 Å². The van der Waals surface area contributed by atoms with Crippen molar-refractivity contribution >= 4 is 0 Å². The highest BCUT2D eigenvalue weighted by Crippen LogP contribution is 2.33. The van der Waals surface area contributed by atoms with Gasteiger partial charge in [-0.1, -0.05) is 13.0 Å². The molecule has 1 nitrogen and oxygen atoms in total. The first-order valence-corrected chi connectivity index (χ1v) is 6.19. The molecule has 4 heteroatoms. The number of alkyl halides is 3. The SMILES string of the molecule is CCCC#CCCc1ccc(C(F)(F)F)cc1OC. The van der Waals surface area contributed by atoms with E-state index in [9.17, 15) is 13.2 Å². The van der Waals surface area contributed by atoms with Gasteiger partial charge in [0.25, 0.3) is 0 Å². The van der Waals surface area contributed by atoms with E-state index < -0.39 is 11.7 Å². The zero-order chi connectivity index (χ0) is 14.3. The lowest BCUT2D eigenvalue weighted by molar-refractivity contribution is -0.137. The molecule has 0 spiro atoms. The smallest absolute Gasteiger partial charge is 0.416 e. The van der Waals surface area contributed by atoms with E-state index in [2.05, 4.69) is 11.8 Å². The summed E-state index contributed by atoms with van der Waals surface area (Å²) < 4.78 is 42.7. The summed E-state index contributed by atoms with van der Waals surface area (Å²) in [4.78, 5) is 0. The van der Waals surface area contributed by atoms with Crippen LogP contribution in [0.3, 0.4) is 0 Å². The second kappa shape index (κ2) is 7.08. The number of ether oxygens (including phenoxy) is 1. The number of hydrogen-bond donors (Lipinski definition) is 0. The summed E-state index contributed by atoms with van der Waals surface area (Å²) >= 11 is 0. The lowest BCUT2D eigenvalue weighted by atomic mass is 10.1. The van der Waals surface area contributed by atoms with Gasteiger partial charge in [-0.3, -0.25) is 0 Å². The molecule has 104 valence electrons. The van der Waals surface area contributed by atoms with E-state index >= 15 is 0 Å². The summed E-state index contributed by atoms with van der Waals surface area (Å²) in [6.45, 7) is 2.05. The minimum Gasteiger partial charge on any atom is -0.496 e. The van der Waals surface area contributed by atoms with Gasteiger partial charge in [0.2, 0.25) is 0 Å².